The first kappa shape index (κ1) is 24.3. The molecular weight excluding hydrogens is 500 g/mol. The van der Waals surface area contributed by atoms with Crippen LogP contribution >= 0.6 is 28.1 Å². The zero-order valence-corrected chi connectivity index (χ0v) is 21.6. The molecule has 2 fully saturated rings. The number of nitrogens with zero attached hydrogens (tertiary/aromatic N) is 1. The number of piperidine rings is 1. The molecule has 2 aliphatic rings. The van der Waals surface area contributed by atoms with Crippen molar-refractivity contribution in [2.24, 2.45) is 5.92 Å². The highest BCUT2D eigenvalue weighted by Crippen LogP contribution is 2.37. The van der Waals surface area contributed by atoms with Crippen molar-refractivity contribution in [1.29, 1.82) is 0 Å². The van der Waals surface area contributed by atoms with E-state index >= 15 is 0 Å². The fraction of sp³-hybridized carbons (Fsp3) is 0.500. The number of likely N-dealkylation sites (tertiary alicyclic amines) is 1. The lowest BCUT2D eigenvalue weighted by molar-refractivity contribution is -0.0288. The highest BCUT2D eigenvalue weighted by molar-refractivity contribution is 9.10. The monoisotopic (exact) mass is 532 g/mol. The van der Waals surface area contributed by atoms with Gasteiger partial charge in [-0.3, -0.25) is 4.90 Å². The van der Waals surface area contributed by atoms with E-state index in [9.17, 15) is 0 Å². The smallest absolute Gasteiger partial charge is 0.261 e. The van der Waals surface area contributed by atoms with Crippen LogP contribution in [0.25, 0.3) is 0 Å². The quantitative estimate of drug-likeness (QED) is 0.319. The Morgan fingerprint density at radius 1 is 1.03 bits per heavy atom. The first-order valence-corrected chi connectivity index (χ1v) is 13.1. The van der Waals surface area contributed by atoms with E-state index < -0.39 is 0 Å². The molecule has 1 aliphatic carbocycles. The van der Waals surface area contributed by atoms with Crippen LogP contribution < -0.4 is 14.8 Å². The number of anilines is 1. The van der Waals surface area contributed by atoms with Gasteiger partial charge < -0.3 is 19.5 Å². The van der Waals surface area contributed by atoms with Crippen LogP contribution in [-0.2, 0) is 4.74 Å². The molecule has 1 heterocycles. The molecule has 3 atom stereocenters. The third-order valence-electron chi connectivity index (χ3n) is 6.70. The molecule has 0 spiro atoms. The fourth-order valence-corrected chi connectivity index (χ4v) is 5.58. The van der Waals surface area contributed by atoms with Crippen LogP contribution in [0.15, 0.2) is 53.0 Å². The van der Waals surface area contributed by atoms with E-state index in [1.165, 1.54) is 25.7 Å². The molecule has 0 amide bonds. The minimum atomic E-state index is 0.184. The van der Waals surface area contributed by atoms with Crippen molar-refractivity contribution in [2.45, 2.75) is 50.7 Å². The minimum Gasteiger partial charge on any atom is -0.497 e. The predicted molar refractivity (Wildman–Crippen MR) is 140 cm³/mol. The lowest BCUT2D eigenvalue weighted by Crippen LogP contribution is -2.54. The zero-order chi connectivity index (χ0) is 23.0. The second kappa shape index (κ2) is 12.0. The van der Waals surface area contributed by atoms with Crippen molar-refractivity contribution in [3.8, 4) is 11.5 Å². The Bertz CT molecular complexity index is 893. The van der Waals surface area contributed by atoms with Gasteiger partial charge in [0.25, 0.3) is 5.17 Å². The summed E-state index contributed by atoms with van der Waals surface area (Å²) in [5.74, 6) is 2.29. The summed E-state index contributed by atoms with van der Waals surface area (Å²) in [4.78, 5) is 2.66. The molecule has 1 saturated heterocycles. The van der Waals surface area contributed by atoms with Crippen molar-refractivity contribution in [3.63, 3.8) is 0 Å². The summed E-state index contributed by atoms with van der Waals surface area (Å²) >= 11 is 9.01. The molecule has 1 saturated carbocycles. The summed E-state index contributed by atoms with van der Waals surface area (Å²) in [5.41, 5.74) is 0.921. The van der Waals surface area contributed by atoms with Gasteiger partial charge in [0, 0.05) is 35.2 Å². The van der Waals surface area contributed by atoms with Crippen LogP contribution in [0.5, 0.6) is 11.5 Å². The van der Waals surface area contributed by atoms with E-state index in [1.807, 2.05) is 48.5 Å². The predicted octanol–water partition coefficient (Wildman–Crippen LogP) is 6.27. The van der Waals surface area contributed by atoms with Crippen LogP contribution in [0, 0.1) is 5.92 Å². The van der Waals surface area contributed by atoms with Crippen LogP contribution in [0.3, 0.4) is 0 Å². The van der Waals surface area contributed by atoms with E-state index in [0.29, 0.717) is 17.1 Å². The van der Waals surface area contributed by atoms with E-state index in [1.54, 1.807) is 7.11 Å². The molecule has 0 radical (unpaired) electrons. The lowest BCUT2D eigenvalue weighted by Gasteiger charge is -2.47. The zero-order valence-electron chi connectivity index (χ0n) is 19.2. The van der Waals surface area contributed by atoms with Gasteiger partial charge in [0.2, 0.25) is 0 Å². The number of thiocarbonyl (C=S) groups is 1. The molecule has 1 aliphatic heterocycles. The van der Waals surface area contributed by atoms with E-state index in [4.69, 9.17) is 26.4 Å². The average molecular weight is 534 g/mol. The lowest BCUT2D eigenvalue weighted by atomic mass is 9.76. The molecule has 2 aromatic carbocycles. The number of hydrogen-bond donors (Lipinski definition) is 1. The molecule has 1 unspecified atom stereocenters. The molecule has 1 N–H and O–H groups in total. The number of hydrogen-bond acceptors (Lipinski definition) is 5. The van der Waals surface area contributed by atoms with Gasteiger partial charge in [-0.05, 0) is 86.4 Å². The molecule has 0 bridgehead atoms. The van der Waals surface area contributed by atoms with Gasteiger partial charge >= 0.3 is 0 Å². The van der Waals surface area contributed by atoms with Gasteiger partial charge in [-0.25, -0.2) is 0 Å². The van der Waals surface area contributed by atoms with Gasteiger partial charge in [-0.1, -0.05) is 28.8 Å². The minimum absolute atomic E-state index is 0.184. The Morgan fingerprint density at radius 3 is 2.52 bits per heavy atom. The maximum absolute atomic E-state index is 6.30. The van der Waals surface area contributed by atoms with Crippen molar-refractivity contribution < 1.29 is 14.2 Å². The van der Waals surface area contributed by atoms with Crippen molar-refractivity contribution in [3.05, 3.63) is 53.0 Å². The molecular formula is C26H33BrN2O3S. The van der Waals surface area contributed by atoms with Gasteiger partial charge in [0.05, 0.1) is 13.7 Å². The number of nitrogens with one attached hydrogen (secondary N) is 1. The SMILES string of the molecule is COc1ccc(NC(=S)O[C@H]2CCN(CCCOc3ccc(Br)cc3)C3CCCC[C@H]32)cc1. The largest absolute Gasteiger partial charge is 0.497 e. The van der Waals surface area contributed by atoms with Crippen molar-refractivity contribution in [1.82, 2.24) is 4.90 Å². The third kappa shape index (κ3) is 6.84. The van der Waals surface area contributed by atoms with Gasteiger partial charge in [-0.15, -0.1) is 0 Å². The van der Waals surface area contributed by atoms with Crippen LogP contribution in [0.4, 0.5) is 5.69 Å². The van der Waals surface area contributed by atoms with Crippen LogP contribution in [-0.4, -0.2) is 49.0 Å². The van der Waals surface area contributed by atoms with E-state index in [-0.39, 0.29) is 6.10 Å². The number of fused-ring (bicyclic) bond motifs is 1. The number of halogens is 1. The molecule has 178 valence electrons. The van der Waals surface area contributed by atoms with Crippen LogP contribution in [0.2, 0.25) is 0 Å². The molecule has 7 heteroatoms. The van der Waals surface area contributed by atoms with Crippen molar-refractivity contribution in [2.75, 3.05) is 32.1 Å². The number of methoxy groups -OCH3 is 1. The Hall–Kier alpha value is -1.83. The summed E-state index contributed by atoms with van der Waals surface area (Å²) in [7, 11) is 1.67. The Balaban J connectivity index is 1.26. The molecule has 33 heavy (non-hydrogen) atoms. The normalized spacial score (nSPS) is 22.8. The average Bonchev–Trinajstić information content (AvgIpc) is 2.84. The summed E-state index contributed by atoms with van der Waals surface area (Å²) in [6.45, 7) is 2.86. The summed E-state index contributed by atoms with van der Waals surface area (Å²) in [6.07, 6.45) is 7.27. The van der Waals surface area contributed by atoms with Gasteiger partial charge in [0.1, 0.15) is 17.6 Å². The second-order valence-corrected chi connectivity index (χ2v) is 10.1. The maximum atomic E-state index is 6.30. The highest BCUT2D eigenvalue weighted by atomic mass is 79.9. The topological polar surface area (TPSA) is 43.0 Å². The summed E-state index contributed by atoms with van der Waals surface area (Å²) in [5, 5.41) is 3.69. The Morgan fingerprint density at radius 2 is 1.76 bits per heavy atom. The summed E-state index contributed by atoms with van der Waals surface area (Å²) in [6, 6.07) is 16.4. The number of benzene rings is 2. The Labute approximate surface area is 210 Å². The molecule has 0 aromatic heterocycles. The number of rotatable bonds is 8. The van der Waals surface area contributed by atoms with Crippen molar-refractivity contribution >= 4 is 39.0 Å². The van der Waals surface area contributed by atoms with Gasteiger partial charge in [0.15, 0.2) is 0 Å². The van der Waals surface area contributed by atoms with Gasteiger partial charge in [-0.2, -0.15) is 0 Å². The molecule has 5 nitrogen and oxygen atoms in total. The standard InChI is InChI=1S/C26H33BrN2O3S/c1-30-21-13-9-20(10-14-21)28-26(33)32-25-15-17-29(24-6-3-2-5-23(24)25)16-4-18-31-22-11-7-19(27)8-12-22/h7-14,23-25H,2-6,15-18H2,1H3,(H,28,33)/t23-,24?,25+/m1/s1. The number of ether oxygens (including phenoxy) is 3. The van der Waals surface area contributed by atoms with E-state index in [2.05, 4.69) is 26.1 Å². The molecule has 4 rings (SSSR count). The summed E-state index contributed by atoms with van der Waals surface area (Å²) < 4.78 is 18.5. The maximum Gasteiger partial charge on any atom is 0.261 e. The first-order valence-electron chi connectivity index (χ1n) is 11.9. The second-order valence-electron chi connectivity index (χ2n) is 8.79. The Kier molecular flexibility index (Phi) is 8.87. The fourth-order valence-electron chi connectivity index (χ4n) is 5.07. The van der Waals surface area contributed by atoms with E-state index in [0.717, 1.165) is 54.2 Å². The first-order chi connectivity index (χ1) is 16.1. The van der Waals surface area contributed by atoms with Crippen LogP contribution in [0.1, 0.15) is 38.5 Å². The molecule has 2 aromatic rings. The highest BCUT2D eigenvalue weighted by Gasteiger charge is 2.40. The third-order valence-corrected chi connectivity index (χ3v) is 7.42.